The smallest absolute Gasteiger partial charge is 0.346 e. The third-order valence-corrected chi connectivity index (χ3v) is 8.11. The molecule has 1 saturated carbocycles. The van der Waals surface area contributed by atoms with Crippen LogP contribution in [-0.2, 0) is 23.8 Å². The quantitative estimate of drug-likeness (QED) is 0.336. The maximum atomic E-state index is 14.0. The number of nitrogens with zero attached hydrogens (tertiary/aromatic N) is 1. The number of rotatable bonds is 7. The van der Waals surface area contributed by atoms with Crippen molar-refractivity contribution in [2.75, 3.05) is 20.3 Å². The third kappa shape index (κ3) is 7.27. The number of esters is 1. The average molecular weight is 506 g/mol. The number of carbonyl (C=O) groups excluding carboxylic acids is 2. The number of allylic oxidation sites excluding steroid dienone is 1. The van der Waals surface area contributed by atoms with Crippen molar-refractivity contribution in [3.8, 4) is 11.8 Å². The van der Waals surface area contributed by atoms with Crippen LogP contribution in [0.1, 0.15) is 86.5 Å². The zero-order valence-electron chi connectivity index (χ0n) is 22.6. The van der Waals surface area contributed by atoms with Crippen molar-refractivity contribution in [3.63, 3.8) is 0 Å². The molecule has 1 saturated heterocycles. The zero-order valence-corrected chi connectivity index (χ0v) is 23.4. The summed E-state index contributed by atoms with van der Waals surface area (Å²) >= 11 is 1.44. The molecule has 0 aromatic carbocycles. The van der Waals surface area contributed by atoms with Gasteiger partial charge in [0.15, 0.2) is 5.79 Å². The van der Waals surface area contributed by atoms with E-state index in [4.69, 9.17) is 14.2 Å². The molecule has 2 atom stereocenters. The lowest BCUT2D eigenvalue weighted by molar-refractivity contribution is -0.184. The van der Waals surface area contributed by atoms with Crippen LogP contribution >= 0.6 is 11.8 Å². The van der Waals surface area contributed by atoms with Crippen molar-refractivity contribution in [1.29, 1.82) is 0 Å². The van der Waals surface area contributed by atoms with Gasteiger partial charge in [0.25, 0.3) is 0 Å². The van der Waals surface area contributed by atoms with E-state index in [1.54, 1.807) is 0 Å². The van der Waals surface area contributed by atoms with E-state index in [1.807, 2.05) is 11.8 Å². The van der Waals surface area contributed by atoms with Gasteiger partial charge >= 0.3 is 5.97 Å². The van der Waals surface area contributed by atoms with E-state index in [0.29, 0.717) is 30.5 Å². The van der Waals surface area contributed by atoms with Crippen LogP contribution in [0.2, 0.25) is 0 Å². The van der Waals surface area contributed by atoms with Gasteiger partial charge in [-0.2, -0.15) is 0 Å². The summed E-state index contributed by atoms with van der Waals surface area (Å²) in [7, 11) is 1.40. The van der Waals surface area contributed by atoms with Gasteiger partial charge in [-0.1, -0.05) is 50.8 Å². The van der Waals surface area contributed by atoms with Crippen LogP contribution < -0.4 is 0 Å². The highest BCUT2D eigenvalue weighted by Crippen LogP contribution is 2.45. The van der Waals surface area contributed by atoms with E-state index in [1.165, 1.54) is 18.9 Å². The van der Waals surface area contributed by atoms with E-state index < -0.39 is 5.79 Å². The molecule has 7 heteroatoms. The van der Waals surface area contributed by atoms with Crippen molar-refractivity contribution >= 4 is 23.6 Å². The van der Waals surface area contributed by atoms with Crippen molar-refractivity contribution in [2.45, 2.75) is 104 Å². The van der Waals surface area contributed by atoms with Crippen molar-refractivity contribution in [3.05, 3.63) is 10.6 Å². The minimum atomic E-state index is -0.501. The predicted molar refractivity (Wildman–Crippen MR) is 139 cm³/mol. The second-order valence-electron chi connectivity index (χ2n) is 11.5. The van der Waals surface area contributed by atoms with Gasteiger partial charge in [-0.3, -0.25) is 4.79 Å². The maximum Gasteiger partial charge on any atom is 0.346 e. The second kappa shape index (κ2) is 11.7. The van der Waals surface area contributed by atoms with E-state index in [-0.39, 0.29) is 34.5 Å². The molecule has 0 aromatic rings. The molecule has 0 radical (unpaired) electrons. The molecule has 6 nitrogen and oxygen atoms in total. The monoisotopic (exact) mass is 505 g/mol. The fraction of sp³-hybridized carbons (Fsp3) is 0.786. The van der Waals surface area contributed by atoms with Crippen molar-refractivity contribution in [1.82, 2.24) is 4.90 Å². The summed E-state index contributed by atoms with van der Waals surface area (Å²) in [5.41, 5.74) is 0.653. The van der Waals surface area contributed by atoms with Gasteiger partial charge < -0.3 is 19.1 Å². The highest BCUT2D eigenvalue weighted by molar-refractivity contribution is 8.05. The largest absolute Gasteiger partial charge is 0.465 e. The highest BCUT2D eigenvalue weighted by Gasteiger charge is 2.45. The lowest BCUT2D eigenvalue weighted by atomic mass is 9.87. The van der Waals surface area contributed by atoms with Crippen LogP contribution in [0.4, 0.5) is 0 Å². The summed E-state index contributed by atoms with van der Waals surface area (Å²) in [5.74, 6) is 6.29. The van der Waals surface area contributed by atoms with Gasteiger partial charge in [0.2, 0.25) is 5.91 Å². The first-order valence-corrected chi connectivity index (χ1v) is 13.9. The molecule has 2 fully saturated rings. The van der Waals surface area contributed by atoms with Crippen molar-refractivity contribution in [2.24, 2.45) is 17.3 Å². The Morgan fingerprint density at radius 2 is 1.77 bits per heavy atom. The number of ether oxygens (including phenoxy) is 3. The fourth-order valence-electron chi connectivity index (χ4n) is 4.93. The standard InChI is InChI=1S/C28H43NO5S/c1-19(2)8-9-20(3)25(30)29(21-10-14-28(15-11-21)33-16-17-34-28)23-18-22(12-13-27(4,5)6)35-24(23)26(31)32-7/h19-22H,8-11,14-18H2,1-7H3. The number of amides is 1. The lowest BCUT2D eigenvalue weighted by Crippen LogP contribution is -2.48. The van der Waals surface area contributed by atoms with Crippen LogP contribution in [0.15, 0.2) is 10.6 Å². The molecular weight excluding hydrogens is 462 g/mol. The topological polar surface area (TPSA) is 65.1 Å². The normalized spacial score (nSPS) is 23.4. The molecule has 2 heterocycles. The van der Waals surface area contributed by atoms with E-state index in [0.717, 1.165) is 44.2 Å². The second-order valence-corrected chi connectivity index (χ2v) is 12.7. The Kier molecular flexibility index (Phi) is 9.39. The van der Waals surface area contributed by atoms with E-state index in [9.17, 15) is 9.59 Å². The first-order valence-electron chi connectivity index (χ1n) is 13.1. The molecule has 1 spiro atoms. The number of hydrogen-bond donors (Lipinski definition) is 0. The molecule has 35 heavy (non-hydrogen) atoms. The first kappa shape index (κ1) is 28.1. The predicted octanol–water partition coefficient (Wildman–Crippen LogP) is 5.51. The maximum absolute atomic E-state index is 14.0. The number of carbonyl (C=O) groups is 2. The van der Waals surface area contributed by atoms with Gasteiger partial charge in [-0.05, 0) is 46.0 Å². The number of thioether (sulfide) groups is 1. The van der Waals surface area contributed by atoms with E-state index in [2.05, 4.69) is 46.5 Å². The minimum absolute atomic E-state index is 0.00649. The summed E-state index contributed by atoms with van der Waals surface area (Å²) in [6, 6.07) is 0.00649. The number of hydrogen-bond acceptors (Lipinski definition) is 6. The summed E-state index contributed by atoms with van der Waals surface area (Å²) in [6.45, 7) is 13.9. The molecule has 0 aromatic heterocycles. The number of methoxy groups -OCH3 is 1. The highest BCUT2D eigenvalue weighted by atomic mass is 32.2. The molecule has 2 aliphatic heterocycles. The van der Waals surface area contributed by atoms with Crippen LogP contribution in [0.25, 0.3) is 0 Å². The molecule has 1 amide bonds. The fourth-order valence-corrected chi connectivity index (χ4v) is 6.07. The Hall–Kier alpha value is -1.49. The van der Waals surface area contributed by atoms with Gasteiger partial charge in [0, 0.05) is 42.3 Å². The molecule has 1 aliphatic carbocycles. The van der Waals surface area contributed by atoms with Gasteiger partial charge in [0.1, 0.15) is 4.91 Å². The molecule has 196 valence electrons. The Labute approximate surface area is 215 Å². The van der Waals surface area contributed by atoms with Crippen LogP contribution in [0, 0.1) is 29.1 Å². The van der Waals surface area contributed by atoms with Gasteiger partial charge in [-0.15, -0.1) is 0 Å². The van der Waals surface area contributed by atoms with E-state index >= 15 is 0 Å². The van der Waals surface area contributed by atoms with Crippen molar-refractivity contribution < 1.29 is 23.8 Å². The Bertz CT molecular complexity index is 862. The van der Waals surface area contributed by atoms with Gasteiger partial charge in [-0.25, -0.2) is 4.79 Å². The average Bonchev–Trinajstić information content (AvgIpc) is 3.44. The summed E-state index contributed by atoms with van der Waals surface area (Å²) in [4.78, 5) is 29.3. The Balaban J connectivity index is 1.91. The molecular formula is C28H43NO5S. The van der Waals surface area contributed by atoms with Gasteiger partial charge in [0.05, 0.1) is 25.6 Å². The summed E-state index contributed by atoms with van der Waals surface area (Å²) in [6.07, 6.45) is 5.46. The first-order chi connectivity index (χ1) is 16.4. The molecule has 0 N–H and O–H groups in total. The summed E-state index contributed by atoms with van der Waals surface area (Å²) < 4.78 is 17.0. The SMILES string of the molecule is COC(=O)C1=C(N(C(=O)C(C)CCC(C)C)C2CCC3(CC2)OCCO3)CC(C#CC(C)(C)C)S1. The molecule has 2 unspecified atom stereocenters. The van der Waals surface area contributed by atoms with Crippen LogP contribution in [0.5, 0.6) is 0 Å². The molecule has 3 aliphatic rings. The third-order valence-electron chi connectivity index (χ3n) is 6.90. The molecule has 0 bridgehead atoms. The Morgan fingerprint density at radius 3 is 2.31 bits per heavy atom. The summed E-state index contributed by atoms with van der Waals surface area (Å²) in [5, 5.41) is -0.0731. The van der Waals surface area contributed by atoms with Crippen LogP contribution in [0.3, 0.4) is 0 Å². The minimum Gasteiger partial charge on any atom is -0.465 e. The lowest BCUT2D eigenvalue weighted by Gasteiger charge is -2.42. The zero-order chi connectivity index (χ0) is 25.8. The van der Waals surface area contributed by atoms with Crippen LogP contribution in [-0.4, -0.2) is 54.2 Å². The Morgan fingerprint density at radius 1 is 1.14 bits per heavy atom. The molecule has 3 rings (SSSR count).